The molecule has 0 aromatic heterocycles. The molecule has 132 valence electrons. The number of amides is 2. The van der Waals surface area contributed by atoms with Crippen LogP contribution in [0.25, 0.3) is 0 Å². The third-order valence-electron chi connectivity index (χ3n) is 3.67. The van der Waals surface area contributed by atoms with Crippen LogP contribution in [0.1, 0.15) is 22.3 Å². The lowest BCUT2D eigenvalue weighted by atomic mass is 10.0. The molecule has 2 aromatic carbocycles. The minimum absolute atomic E-state index is 0.288. The van der Waals surface area contributed by atoms with Gasteiger partial charge < -0.3 is 10.8 Å². The first-order valence-electron chi connectivity index (χ1n) is 7.80. The molecule has 2 rings (SSSR count). The van der Waals surface area contributed by atoms with E-state index in [-0.39, 0.29) is 5.56 Å². The summed E-state index contributed by atoms with van der Waals surface area (Å²) in [4.78, 5) is 23.8. The smallest absolute Gasteiger partial charge is 0.269 e. The summed E-state index contributed by atoms with van der Waals surface area (Å²) < 4.78 is 0. The predicted octanol–water partition coefficient (Wildman–Crippen LogP) is 1.42. The Labute approximate surface area is 151 Å². The van der Waals surface area contributed by atoms with Crippen molar-refractivity contribution in [2.45, 2.75) is 25.0 Å². The van der Waals surface area contributed by atoms with Gasteiger partial charge in [0, 0.05) is 16.6 Å². The summed E-state index contributed by atoms with van der Waals surface area (Å²) in [5, 5.41) is 10.4. The zero-order chi connectivity index (χ0) is 18.2. The summed E-state index contributed by atoms with van der Waals surface area (Å²) in [5.41, 5.74) is 11.6. The maximum absolute atomic E-state index is 11.9. The van der Waals surface area contributed by atoms with Gasteiger partial charge >= 0.3 is 0 Å². The zero-order valence-corrected chi connectivity index (χ0v) is 14.2. The second-order valence-corrected chi connectivity index (χ2v) is 6.02. The molecule has 5 N–H and O–H groups in total. The molecule has 0 saturated heterocycles. The number of rotatable bonds is 6. The van der Waals surface area contributed by atoms with Crippen LogP contribution in [0.3, 0.4) is 0 Å². The molecule has 0 saturated carbocycles. The number of hydrogen-bond donors (Lipinski definition) is 4. The molecule has 2 atom stereocenters. The number of carbonyl (C=O) groups excluding carboxylic acids is 2. The maximum atomic E-state index is 11.9. The highest BCUT2D eigenvalue weighted by Gasteiger charge is 2.23. The average molecular weight is 362 g/mol. The van der Waals surface area contributed by atoms with E-state index in [4.69, 9.17) is 17.3 Å². The fourth-order valence-corrected chi connectivity index (χ4v) is 2.41. The third-order valence-corrected chi connectivity index (χ3v) is 3.90. The second-order valence-electron chi connectivity index (χ2n) is 5.59. The average Bonchev–Trinajstić information content (AvgIpc) is 2.64. The molecular weight excluding hydrogens is 342 g/mol. The lowest BCUT2D eigenvalue weighted by molar-refractivity contribution is -0.131. The quantitative estimate of drug-likeness (QED) is 0.584. The summed E-state index contributed by atoms with van der Waals surface area (Å²) in [6.07, 6.45) is -0.356. The number of aryl methyl sites for hydroxylation is 1. The Bertz CT molecular complexity index is 725. The third kappa shape index (κ3) is 5.86. The van der Waals surface area contributed by atoms with Crippen molar-refractivity contribution in [3.05, 3.63) is 70.7 Å². The van der Waals surface area contributed by atoms with Crippen molar-refractivity contribution in [3.63, 3.8) is 0 Å². The molecule has 0 fully saturated rings. The molecule has 0 spiro atoms. The summed E-state index contributed by atoms with van der Waals surface area (Å²) in [6, 6.07) is 15.1. The van der Waals surface area contributed by atoms with Gasteiger partial charge in [-0.05, 0) is 36.6 Å². The highest BCUT2D eigenvalue weighted by Crippen LogP contribution is 2.10. The van der Waals surface area contributed by atoms with Crippen molar-refractivity contribution in [3.8, 4) is 0 Å². The molecule has 7 heteroatoms. The van der Waals surface area contributed by atoms with Gasteiger partial charge in [0.25, 0.3) is 11.8 Å². The minimum atomic E-state index is -1.43. The van der Waals surface area contributed by atoms with Crippen LogP contribution in [0.2, 0.25) is 5.02 Å². The van der Waals surface area contributed by atoms with Crippen molar-refractivity contribution >= 4 is 23.4 Å². The Kier molecular flexibility index (Phi) is 6.94. The van der Waals surface area contributed by atoms with Crippen LogP contribution in [0.4, 0.5) is 0 Å². The number of halogens is 1. The van der Waals surface area contributed by atoms with E-state index in [0.717, 1.165) is 5.56 Å². The van der Waals surface area contributed by atoms with Gasteiger partial charge in [0.2, 0.25) is 0 Å². The van der Waals surface area contributed by atoms with Crippen molar-refractivity contribution in [2.75, 3.05) is 0 Å². The van der Waals surface area contributed by atoms with Crippen molar-refractivity contribution in [2.24, 2.45) is 5.73 Å². The molecule has 25 heavy (non-hydrogen) atoms. The first-order chi connectivity index (χ1) is 12.0. The van der Waals surface area contributed by atoms with E-state index in [1.54, 1.807) is 18.2 Å². The normalized spacial score (nSPS) is 12.9. The van der Waals surface area contributed by atoms with Crippen molar-refractivity contribution in [1.29, 1.82) is 0 Å². The van der Waals surface area contributed by atoms with E-state index >= 15 is 0 Å². The van der Waals surface area contributed by atoms with Gasteiger partial charge in [-0.2, -0.15) is 0 Å². The van der Waals surface area contributed by atoms with Crippen LogP contribution in [0.5, 0.6) is 0 Å². The molecule has 0 bridgehead atoms. The molecule has 0 aliphatic carbocycles. The van der Waals surface area contributed by atoms with E-state index in [1.807, 2.05) is 30.3 Å². The second kappa shape index (κ2) is 9.17. The van der Waals surface area contributed by atoms with Crippen LogP contribution < -0.4 is 16.6 Å². The molecule has 0 heterocycles. The van der Waals surface area contributed by atoms with Crippen LogP contribution in [-0.2, 0) is 11.2 Å². The van der Waals surface area contributed by atoms with Crippen LogP contribution >= 0.6 is 11.6 Å². The van der Waals surface area contributed by atoms with Crippen molar-refractivity contribution in [1.82, 2.24) is 10.9 Å². The molecule has 0 aliphatic heterocycles. The van der Waals surface area contributed by atoms with Crippen LogP contribution in [-0.4, -0.2) is 29.1 Å². The van der Waals surface area contributed by atoms with E-state index in [9.17, 15) is 14.7 Å². The Morgan fingerprint density at radius 3 is 2.48 bits per heavy atom. The number of nitrogens with two attached hydrogens (primary N) is 1. The number of nitrogens with one attached hydrogen (secondary N) is 2. The van der Waals surface area contributed by atoms with E-state index in [2.05, 4.69) is 10.9 Å². The summed E-state index contributed by atoms with van der Waals surface area (Å²) >= 11 is 5.81. The Morgan fingerprint density at radius 2 is 1.80 bits per heavy atom. The summed E-state index contributed by atoms with van der Waals surface area (Å²) in [6.45, 7) is 0. The van der Waals surface area contributed by atoms with E-state index < -0.39 is 24.0 Å². The molecule has 2 aromatic rings. The van der Waals surface area contributed by atoms with Gasteiger partial charge in [-0.3, -0.25) is 20.4 Å². The highest BCUT2D eigenvalue weighted by atomic mass is 35.5. The standard InChI is InChI=1S/C18H20ClN3O3/c19-14-8-4-7-13(11-14)17(24)21-22-18(25)16(23)15(20)10-9-12-5-2-1-3-6-12/h1-8,11,15-16,23H,9-10,20H2,(H,21,24)(H,22,25)/t15-,16?/m1/s1. The zero-order valence-electron chi connectivity index (χ0n) is 13.5. The molecular formula is C18H20ClN3O3. The van der Waals surface area contributed by atoms with Gasteiger partial charge in [0.05, 0.1) is 0 Å². The van der Waals surface area contributed by atoms with Crippen LogP contribution in [0, 0.1) is 0 Å². The van der Waals surface area contributed by atoms with E-state index in [1.165, 1.54) is 6.07 Å². The lowest BCUT2D eigenvalue weighted by Gasteiger charge is -2.18. The van der Waals surface area contributed by atoms with Gasteiger partial charge in [-0.25, -0.2) is 0 Å². The van der Waals surface area contributed by atoms with Gasteiger partial charge in [-0.15, -0.1) is 0 Å². The number of aliphatic hydroxyl groups is 1. The lowest BCUT2D eigenvalue weighted by Crippen LogP contribution is -2.52. The van der Waals surface area contributed by atoms with Gasteiger partial charge in [-0.1, -0.05) is 48.0 Å². The minimum Gasteiger partial charge on any atom is -0.382 e. The topological polar surface area (TPSA) is 104 Å². The summed E-state index contributed by atoms with van der Waals surface area (Å²) in [7, 11) is 0. The number of carbonyl (C=O) groups is 2. The first-order valence-corrected chi connectivity index (χ1v) is 8.18. The van der Waals surface area contributed by atoms with Crippen molar-refractivity contribution < 1.29 is 14.7 Å². The highest BCUT2D eigenvalue weighted by molar-refractivity contribution is 6.30. The molecule has 0 aliphatic rings. The maximum Gasteiger partial charge on any atom is 0.269 e. The Balaban J connectivity index is 1.80. The first kappa shape index (κ1) is 18.9. The fourth-order valence-electron chi connectivity index (χ4n) is 2.22. The van der Waals surface area contributed by atoms with Crippen LogP contribution in [0.15, 0.2) is 54.6 Å². The molecule has 2 amide bonds. The summed E-state index contributed by atoms with van der Waals surface area (Å²) in [5.74, 6) is -1.31. The number of hydrazine groups is 1. The molecule has 6 nitrogen and oxygen atoms in total. The Morgan fingerprint density at radius 1 is 1.08 bits per heavy atom. The number of benzene rings is 2. The van der Waals surface area contributed by atoms with Gasteiger partial charge in [0.15, 0.2) is 0 Å². The molecule has 1 unspecified atom stereocenters. The van der Waals surface area contributed by atoms with Gasteiger partial charge in [0.1, 0.15) is 6.10 Å². The number of aliphatic hydroxyl groups excluding tert-OH is 1. The Hall–Kier alpha value is -2.41. The van der Waals surface area contributed by atoms with E-state index in [0.29, 0.717) is 17.9 Å². The predicted molar refractivity (Wildman–Crippen MR) is 95.8 cm³/mol. The fraction of sp³-hybridized carbons (Fsp3) is 0.222. The SMILES string of the molecule is N[C@H](CCc1ccccc1)C(O)C(=O)NNC(=O)c1cccc(Cl)c1. The number of hydrogen-bond acceptors (Lipinski definition) is 4. The monoisotopic (exact) mass is 361 g/mol. The largest absolute Gasteiger partial charge is 0.382 e. The molecule has 0 radical (unpaired) electrons.